The van der Waals surface area contributed by atoms with Crippen LogP contribution >= 0.6 is 0 Å². The Morgan fingerprint density at radius 2 is 1.56 bits per heavy atom. The van der Waals surface area contributed by atoms with Crippen LogP contribution in [0, 0.1) is 0 Å². The first-order valence-electron chi connectivity index (χ1n) is 7.95. The molecule has 2 rings (SSSR count). The van der Waals surface area contributed by atoms with Gasteiger partial charge in [0.25, 0.3) is 0 Å². The molecule has 27 heavy (non-hydrogen) atoms. The molecule has 1 N–H and O–H groups in total. The van der Waals surface area contributed by atoms with Gasteiger partial charge in [-0.2, -0.15) is 0 Å². The zero-order valence-corrected chi connectivity index (χ0v) is 15.2. The van der Waals surface area contributed by atoms with Gasteiger partial charge < -0.3 is 24.1 Å². The van der Waals surface area contributed by atoms with Crippen molar-refractivity contribution in [1.29, 1.82) is 0 Å². The van der Waals surface area contributed by atoms with Crippen molar-refractivity contribution >= 4 is 17.8 Å². The van der Waals surface area contributed by atoms with E-state index in [9.17, 15) is 9.59 Å². The highest BCUT2D eigenvalue weighted by Crippen LogP contribution is 2.38. The lowest BCUT2D eigenvalue weighted by Gasteiger charge is -2.13. The van der Waals surface area contributed by atoms with Crippen LogP contribution in [0.25, 0.3) is 6.08 Å². The van der Waals surface area contributed by atoms with Gasteiger partial charge in [-0.05, 0) is 35.9 Å². The van der Waals surface area contributed by atoms with Crippen LogP contribution in [-0.4, -0.2) is 44.8 Å². The molecule has 0 atom stereocenters. The number of hydrogen-bond acceptors (Lipinski definition) is 6. The molecule has 0 aliphatic heterocycles. The summed E-state index contributed by atoms with van der Waals surface area (Å²) in [6.07, 6.45) is 3.07. The topological polar surface area (TPSA) is 91.3 Å². The van der Waals surface area contributed by atoms with Crippen molar-refractivity contribution in [2.75, 3.05) is 27.9 Å². The molecule has 0 amide bonds. The van der Waals surface area contributed by atoms with E-state index in [-0.39, 0.29) is 5.78 Å². The van der Waals surface area contributed by atoms with Gasteiger partial charge in [0.05, 0.1) is 21.3 Å². The number of carboxylic acids is 1. The van der Waals surface area contributed by atoms with Crippen LogP contribution in [0.2, 0.25) is 0 Å². The molecule has 2 aromatic rings. The van der Waals surface area contributed by atoms with E-state index in [0.717, 1.165) is 5.56 Å². The first kappa shape index (κ1) is 19.8. The highest BCUT2D eigenvalue weighted by molar-refractivity contribution is 6.07. The molecule has 0 aromatic heterocycles. The van der Waals surface area contributed by atoms with Gasteiger partial charge in [0, 0.05) is 5.56 Å². The minimum absolute atomic E-state index is 0.236. The first-order chi connectivity index (χ1) is 13.0. The van der Waals surface area contributed by atoms with Crippen molar-refractivity contribution in [2.24, 2.45) is 0 Å². The molecule has 0 unspecified atom stereocenters. The Labute approximate surface area is 156 Å². The number of methoxy groups -OCH3 is 3. The van der Waals surface area contributed by atoms with Gasteiger partial charge in [0.1, 0.15) is 5.75 Å². The smallest absolute Gasteiger partial charge is 0.341 e. The van der Waals surface area contributed by atoms with Crippen LogP contribution < -0.4 is 18.9 Å². The number of aliphatic carboxylic acids is 1. The molecule has 0 bridgehead atoms. The Morgan fingerprint density at radius 3 is 2.04 bits per heavy atom. The lowest BCUT2D eigenvalue weighted by Crippen LogP contribution is -2.09. The Kier molecular flexibility index (Phi) is 6.82. The molecule has 0 saturated carbocycles. The van der Waals surface area contributed by atoms with Crippen LogP contribution in [0.3, 0.4) is 0 Å². The summed E-state index contributed by atoms with van der Waals surface area (Å²) in [5.41, 5.74) is 1.15. The monoisotopic (exact) mass is 372 g/mol. The quantitative estimate of drug-likeness (QED) is 0.534. The van der Waals surface area contributed by atoms with E-state index in [0.29, 0.717) is 28.6 Å². The number of ketones is 1. The third kappa shape index (κ3) is 5.24. The minimum Gasteiger partial charge on any atom is -0.493 e. The maximum atomic E-state index is 12.5. The second-order valence-electron chi connectivity index (χ2n) is 5.36. The normalized spacial score (nSPS) is 10.5. The second-order valence-corrected chi connectivity index (χ2v) is 5.36. The molecular weight excluding hydrogens is 352 g/mol. The largest absolute Gasteiger partial charge is 0.493 e. The molecule has 7 nitrogen and oxygen atoms in total. The number of carbonyl (C=O) groups excluding carboxylic acids is 1. The molecular formula is C20H20O7. The molecule has 0 saturated heterocycles. The summed E-state index contributed by atoms with van der Waals surface area (Å²) in [5, 5.41) is 8.59. The number of ether oxygens (including phenoxy) is 4. The van der Waals surface area contributed by atoms with Crippen molar-refractivity contribution < 1.29 is 33.6 Å². The van der Waals surface area contributed by atoms with Gasteiger partial charge in [0.2, 0.25) is 5.75 Å². The molecule has 7 heteroatoms. The number of hydrogen-bond donors (Lipinski definition) is 1. The predicted octanol–water partition coefficient (Wildman–Crippen LogP) is 3.07. The number of rotatable bonds is 9. The predicted molar refractivity (Wildman–Crippen MR) is 99.0 cm³/mol. The van der Waals surface area contributed by atoms with Crippen LogP contribution in [0.15, 0.2) is 42.5 Å². The third-order valence-corrected chi connectivity index (χ3v) is 3.62. The van der Waals surface area contributed by atoms with Crippen LogP contribution in [0.5, 0.6) is 23.0 Å². The first-order valence-corrected chi connectivity index (χ1v) is 7.95. The van der Waals surface area contributed by atoms with Crippen molar-refractivity contribution in [1.82, 2.24) is 0 Å². The van der Waals surface area contributed by atoms with Gasteiger partial charge in [-0.25, -0.2) is 4.79 Å². The number of benzene rings is 2. The summed E-state index contributed by atoms with van der Waals surface area (Å²) < 4.78 is 20.8. The van der Waals surface area contributed by atoms with E-state index < -0.39 is 12.6 Å². The molecule has 2 aromatic carbocycles. The van der Waals surface area contributed by atoms with Crippen molar-refractivity contribution in [3.8, 4) is 23.0 Å². The van der Waals surface area contributed by atoms with Crippen molar-refractivity contribution in [2.45, 2.75) is 0 Å². The fourth-order valence-corrected chi connectivity index (χ4v) is 2.31. The fourth-order valence-electron chi connectivity index (χ4n) is 2.31. The van der Waals surface area contributed by atoms with E-state index in [1.807, 2.05) is 0 Å². The van der Waals surface area contributed by atoms with Gasteiger partial charge in [-0.15, -0.1) is 0 Å². The van der Waals surface area contributed by atoms with Crippen molar-refractivity contribution in [3.05, 3.63) is 53.6 Å². The zero-order valence-electron chi connectivity index (χ0n) is 15.2. The van der Waals surface area contributed by atoms with E-state index in [2.05, 4.69) is 0 Å². The minimum atomic E-state index is -1.05. The number of allylic oxidation sites excluding steroid dienone is 1. The van der Waals surface area contributed by atoms with E-state index in [1.54, 1.807) is 42.5 Å². The highest BCUT2D eigenvalue weighted by Gasteiger charge is 2.15. The summed E-state index contributed by atoms with van der Waals surface area (Å²) in [6, 6.07) is 9.86. The summed E-state index contributed by atoms with van der Waals surface area (Å²) in [4.78, 5) is 23.0. The summed E-state index contributed by atoms with van der Waals surface area (Å²) >= 11 is 0. The van der Waals surface area contributed by atoms with Gasteiger partial charge in [0.15, 0.2) is 23.9 Å². The average Bonchev–Trinajstić information content (AvgIpc) is 2.69. The molecule has 0 radical (unpaired) electrons. The Balaban J connectivity index is 2.15. The van der Waals surface area contributed by atoms with Crippen LogP contribution in [0.4, 0.5) is 0 Å². The summed E-state index contributed by atoms with van der Waals surface area (Å²) in [6.45, 7) is -0.408. The molecule has 0 fully saturated rings. The standard InChI is InChI=1S/C20H20O7/c1-24-17-10-14(11-18(25-2)20(17)26-3)16(21)9-6-13-4-7-15(8-5-13)27-12-19(22)23/h4-11H,12H2,1-3H3,(H,22,23). The Hall–Kier alpha value is -3.48. The SMILES string of the molecule is COc1cc(C(=O)C=Cc2ccc(OCC(=O)O)cc2)cc(OC)c1OC. The van der Waals surface area contributed by atoms with Crippen molar-refractivity contribution in [3.63, 3.8) is 0 Å². The molecule has 0 heterocycles. The maximum absolute atomic E-state index is 12.5. The fraction of sp³-hybridized carbons (Fsp3) is 0.200. The van der Waals surface area contributed by atoms with Gasteiger partial charge in [-0.3, -0.25) is 4.79 Å². The Morgan fingerprint density at radius 1 is 0.963 bits per heavy atom. The van der Waals surface area contributed by atoms with Crippen LogP contribution in [-0.2, 0) is 4.79 Å². The third-order valence-electron chi connectivity index (χ3n) is 3.62. The summed E-state index contributed by atoms with van der Waals surface area (Å²) in [7, 11) is 4.45. The van der Waals surface area contributed by atoms with E-state index in [1.165, 1.54) is 27.4 Å². The molecule has 0 aliphatic rings. The molecule has 142 valence electrons. The van der Waals surface area contributed by atoms with Gasteiger partial charge in [-0.1, -0.05) is 18.2 Å². The summed E-state index contributed by atoms with van der Waals surface area (Å²) in [5.74, 6) is 0.362. The molecule has 0 aliphatic carbocycles. The zero-order chi connectivity index (χ0) is 19.8. The maximum Gasteiger partial charge on any atom is 0.341 e. The van der Waals surface area contributed by atoms with E-state index >= 15 is 0 Å². The van der Waals surface area contributed by atoms with Crippen LogP contribution in [0.1, 0.15) is 15.9 Å². The Bertz CT molecular complexity index is 813. The highest BCUT2D eigenvalue weighted by atomic mass is 16.5. The number of carbonyl (C=O) groups is 2. The lowest BCUT2D eigenvalue weighted by molar-refractivity contribution is -0.139. The number of carboxylic acid groups (broad SMARTS) is 1. The van der Waals surface area contributed by atoms with Gasteiger partial charge >= 0.3 is 5.97 Å². The molecule has 0 spiro atoms. The van der Waals surface area contributed by atoms with E-state index in [4.69, 9.17) is 24.1 Å². The second kappa shape index (κ2) is 9.28. The average molecular weight is 372 g/mol. The lowest BCUT2D eigenvalue weighted by atomic mass is 10.1.